The fraction of sp³-hybridized carbons (Fsp3) is 0.667. The second kappa shape index (κ2) is 5.73. The normalized spacial score (nSPS) is 15.6. The van der Waals surface area contributed by atoms with Crippen LogP contribution in [0.25, 0.3) is 0 Å². The van der Waals surface area contributed by atoms with Crippen molar-refractivity contribution in [1.82, 2.24) is 15.3 Å². The number of nitrogens with one attached hydrogen (secondary N) is 1. The monoisotopic (exact) mass is 274 g/mol. The highest BCUT2D eigenvalue weighted by atomic mass is 19.4. The van der Waals surface area contributed by atoms with Gasteiger partial charge < -0.3 is 10.2 Å². The van der Waals surface area contributed by atoms with Crippen molar-refractivity contribution in [3.63, 3.8) is 0 Å². The number of aromatic nitrogens is 2. The van der Waals surface area contributed by atoms with Gasteiger partial charge in [0.05, 0.1) is 11.9 Å². The van der Waals surface area contributed by atoms with E-state index in [-0.39, 0.29) is 6.04 Å². The molecule has 106 valence electrons. The van der Waals surface area contributed by atoms with E-state index in [9.17, 15) is 13.2 Å². The molecule has 1 heterocycles. The van der Waals surface area contributed by atoms with Crippen molar-refractivity contribution in [2.75, 3.05) is 18.0 Å². The molecule has 7 heteroatoms. The summed E-state index contributed by atoms with van der Waals surface area (Å²) in [6.07, 6.45) is 0.330. The van der Waals surface area contributed by atoms with Crippen molar-refractivity contribution in [2.24, 2.45) is 0 Å². The third-order valence-electron chi connectivity index (χ3n) is 2.86. The zero-order valence-electron chi connectivity index (χ0n) is 10.7. The molecule has 0 aliphatic heterocycles. The van der Waals surface area contributed by atoms with E-state index in [2.05, 4.69) is 15.3 Å². The van der Waals surface area contributed by atoms with Gasteiger partial charge in [-0.2, -0.15) is 13.2 Å². The molecule has 0 amide bonds. The summed E-state index contributed by atoms with van der Waals surface area (Å²) in [6, 6.07) is -0.0506. The first-order chi connectivity index (χ1) is 8.99. The second-order valence-corrected chi connectivity index (χ2v) is 4.62. The average molecular weight is 274 g/mol. The SMILES string of the molecule is CCNCc1cncc(N(CC(F)(F)F)C2CC2)n1. The molecule has 1 aromatic rings. The van der Waals surface area contributed by atoms with Gasteiger partial charge in [-0.1, -0.05) is 6.92 Å². The molecule has 0 atom stereocenters. The predicted octanol–water partition coefficient (Wildman–Crippen LogP) is 2.12. The minimum atomic E-state index is -4.22. The van der Waals surface area contributed by atoms with Crippen LogP contribution in [0.1, 0.15) is 25.5 Å². The summed E-state index contributed by atoms with van der Waals surface area (Å²) in [7, 11) is 0. The van der Waals surface area contributed by atoms with Crippen LogP contribution in [-0.2, 0) is 6.54 Å². The van der Waals surface area contributed by atoms with E-state index in [1.807, 2.05) is 6.92 Å². The first kappa shape index (κ1) is 14.0. The highest BCUT2D eigenvalue weighted by Crippen LogP contribution is 2.33. The van der Waals surface area contributed by atoms with E-state index < -0.39 is 12.7 Å². The molecule has 0 bridgehead atoms. The van der Waals surface area contributed by atoms with Crippen molar-refractivity contribution in [3.05, 3.63) is 18.1 Å². The minimum absolute atomic E-state index is 0.0506. The lowest BCUT2D eigenvalue weighted by atomic mass is 10.4. The molecule has 1 N–H and O–H groups in total. The third-order valence-corrected chi connectivity index (χ3v) is 2.86. The van der Waals surface area contributed by atoms with Crippen LogP contribution in [0.4, 0.5) is 19.0 Å². The first-order valence-corrected chi connectivity index (χ1v) is 6.34. The van der Waals surface area contributed by atoms with Gasteiger partial charge in [0, 0.05) is 18.8 Å². The lowest BCUT2D eigenvalue weighted by molar-refractivity contribution is -0.120. The summed E-state index contributed by atoms with van der Waals surface area (Å²) < 4.78 is 37.7. The van der Waals surface area contributed by atoms with E-state index in [0.717, 1.165) is 19.4 Å². The van der Waals surface area contributed by atoms with Crippen LogP contribution in [0, 0.1) is 0 Å². The van der Waals surface area contributed by atoms with Crippen molar-refractivity contribution in [1.29, 1.82) is 0 Å². The number of nitrogens with zero attached hydrogens (tertiary/aromatic N) is 3. The highest BCUT2D eigenvalue weighted by molar-refractivity contribution is 5.40. The summed E-state index contributed by atoms with van der Waals surface area (Å²) in [5.74, 6) is 0.315. The fourth-order valence-corrected chi connectivity index (χ4v) is 1.85. The minimum Gasteiger partial charge on any atom is -0.343 e. The summed E-state index contributed by atoms with van der Waals surface area (Å²) >= 11 is 0. The lowest BCUT2D eigenvalue weighted by Crippen LogP contribution is -2.36. The van der Waals surface area contributed by atoms with Crippen molar-refractivity contribution in [2.45, 2.75) is 38.5 Å². The van der Waals surface area contributed by atoms with Gasteiger partial charge >= 0.3 is 6.18 Å². The summed E-state index contributed by atoms with van der Waals surface area (Å²) in [5, 5.41) is 3.08. The Morgan fingerprint density at radius 1 is 1.37 bits per heavy atom. The topological polar surface area (TPSA) is 41.1 Å². The molecule has 1 aliphatic rings. The van der Waals surface area contributed by atoms with Crippen molar-refractivity contribution < 1.29 is 13.2 Å². The first-order valence-electron chi connectivity index (χ1n) is 6.34. The van der Waals surface area contributed by atoms with Crippen molar-refractivity contribution in [3.8, 4) is 0 Å². The molecule has 4 nitrogen and oxygen atoms in total. The molecule has 1 aliphatic carbocycles. The maximum Gasteiger partial charge on any atom is 0.405 e. The zero-order chi connectivity index (χ0) is 13.9. The van der Waals surface area contributed by atoms with Crippen LogP contribution in [0.5, 0.6) is 0 Å². The molecule has 0 unspecified atom stereocenters. The molecule has 2 rings (SSSR count). The van der Waals surface area contributed by atoms with E-state index in [1.165, 1.54) is 11.1 Å². The molecule has 0 radical (unpaired) electrons. The van der Waals surface area contributed by atoms with Crippen LogP contribution >= 0.6 is 0 Å². The van der Waals surface area contributed by atoms with Gasteiger partial charge in [-0.3, -0.25) is 4.98 Å². The second-order valence-electron chi connectivity index (χ2n) is 4.62. The molecule has 19 heavy (non-hydrogen) atoms. The largest absolute Gasteiger partial charge is 0.405 e. The molecule has 1 fully saturated rings. The van der Waals surface area contributed by atoms with Crippen LogP contribution in [0.3, 0.4) is 0 Å². The third kappa shape index (κ3) is 4.34. The molecular weight excluding hydrogens is 257 g/mol. The van der Waals surface area contributed by atoms with Crippen LogP contribution in [0.15, 0.2) is 12.4 Å². The zero-order valence-corrected chi connectivity index (χ0v) is 10.7. The Morgan fingerprint density at radius 3 is 2.68 bits per heavy atom. The Hall–Kier alpha value is -1.37. The number of halogens is 3. The van der Waals surface area contributed by atoms with Gasteiger partial charge in [0.25, 0.3) is 0 Å². The van der Waals surface area contributed by atoms with Gasteiger partial charge in [-0.25, -0.2) is 4.98 Å². The number of alkyl halides is 3. The molecule has 0 saturated heterocycles. The smallest absolute Gasteiger partial charge is 0.343 e. The van der Waals surface area contributed by atoms with Gasteiger partial charge in [0.1, 0.15) is 12.4 Å². The number of hydrogen-bond acceptors (Lipinski definition) is 4. The van der Waals surface area contributed by atoms with E-state index in [4.69, 9.17) is 0 Å². The number of hydrogen-bond donors (Lipinski definition) is 1. The van der Waals surface area contributed by atoms with E-state index in [1.54, 1.807) is 6.20 Å². The maximum absolute atomic E-state index is 12.6. The van der Waals surface area contributed by atoms with Gasteiger partial charge in [-0.15, -0.1) is 0 Å². The Kier molecular flexibility index (Phi) is 4.24. The standard InChI is InChI=1S/C12H17F3N4/c1-2-16-5-9-6-17-7-11(18-9)19(10-3-4-10)8-12(13,14)15/h6-7,10,16H,2-5,8H2,1H3. The Bertz CT molecular complexity index is 418. The van der Waals surface area contributed by atoms with Crippen molar-refractivity contribution >= 4 is 5.82 Å². The van der Waals surface area contributed by atoms with Crippen LogP contribution < -0.4 is 10.2 Å². The van der Waals surface area contributed by atoms with Crippen LogP contribution in [0.2, 0.25) is 0 Å². The molecule has 1 saturated carbocycles. The van der Waals surface area contributed by atoms with E-state index >= 15 is 0 Å². The number of anilines is 1. The van der Waals surface area contributed by atoms with Gasteiger partial charge in [0.2, 0.25) is 0 Å². The lowest BCUT2D eigenvalue weighted by Gasteiger charge is -2.24. The summed E-state index contributed by atoms with van der Waals surface area (Å²) in [5.41, 5.74) is 0.659. The number of rotatable bonds is 6. The fourth-order valence-electron chi connectivity index (χ4n) is 1.85. The average Bonchev–Trinajstić information content (AvgIpc) is 3.17. The quantitative estimate of drug-likeness (QED) is 0.862. The predicted molar refractivity (Wildman–Crippen MR) is 65.8 cm³/mol. The van der Waals surface area contributed by atoms with Gasteiger partial charge in [-0.05, 0) is 19.4 Å². The summed E-state index contributed by atoms with van der Waals surface area (Å²) in [6.45, 7) is 2.29. The Labute approximate surface area is 110 Å². The van der Waals surface area contributed by atoms with Gasteiger partial charge in [0.15, 0.2) is 0 Å². The summed E-state index contributed by atoms with van der Waals surface area (Å²) in [4.78, 5) is 9.55. The molecule has 0 spiro atoms. The highest BCUT2D eigenvalue weighted by Gasteiger charge is 2.38. The Balaban J connectivity index is 2.12. The van der Waals surface area contributed by atoms with Crippen LogP contribution in [-0.4, -0.2) is 35.3 Å². The molecular formula is C12H17F3N4. The maximum atomic E-state index is 12.6. The molecule has 1 aromatic heterocycles. The molecule has 0 aromatic carbocycles. The van der Waals surface area contributed by atoms with E-state index in [0.29, 0.717) is 18.1 Å². The Morgan fingerprint density at radius 2 is 2.11 bits per heavy atom.